The highest BCUT2D eigenvalue weighted by molar-refractivity contribution is 8.15. The molecule has 2 saturated heterocycles. The van der Waals surface area contributed by atoms with Crippen molar-refractivity contribution in [2.45, 2.75) is 56.7 Å². The standard InChI is InChI=1S/C26H30ClN3O5S2/c1-26(2,3)35-25(32)28-20(13-17-7-5-4-6-8-17)23(31)29-24-30(14-18-9-11-19(27)12-10-18)21-15-37(33,34)16-22(21)36-24/h4-12,20-22H,13-16H2,1-3H3,(H,28,32)/t20-,21-,22-/m0/s1. The van der Waals surface area contributed by atoms with E-state index in [1.807, 2.05) is 47.4 Å². The molecule has 2 aromatic carbocycles. The summed E-state index contributed by atoms with van der Waals surface area (Å²) in [6, 6.07) is 15.4. The number of carbonyl (C=O) groups is 2. The molecule has 3 atom stereocenters. The van der Waals surface area contributed by atoms with Crippen LogP contribution in [0.25, 0.3) is 0 Å². The number of benzene rings is 2. The maximum Gasteiger partial charge on any atom is 0.408 e. The zero-order valence-corrected chi connectivity index (χ0v) is 23.3. The Labute approximate surface area is 226 Å². The predicted molar refractivity (Wildman–Crippen MR) is 147 cm³/mol. The molecule has 0 aromatic heterocycles. The summed E-state index contributed by atoms with van der Waals surface area (Å²) in [7, 11) is -3.18. The summed E-state index contributed by atoms with van der Waals surface area (Å²) in [6.45, 7) is 5.63. The summed E-state index contributed by atoms with van der Waals surface area (Å²) in [6.07, 6.45) is -0.472. The van der Waals surface area contributed by atoms with Crippen LogP contribution < -0.4 is 5.32 Å². The van der Waals surface area contributed by atoms with Gasteiger partial charge >= 0.3 is 6.09 Å². The van der Waals surface area contributed by atoms with Gasteiger partial charge in [-0.3, -0.25) is 4.79 Å². The van der Waals surface area contributed by atoms with Crippen molar-refractivity contribution in [1.82, 2.24) is 10.2 Å². The molecule has 0 radical (unpaired) electrons. The normalized spacial score (nSPS) is 22.5. The molecule has 11 heteroatoms. The van der Waals surface area contributed by atoms with E-state index in [-0.39, 0.29) is 29.2 Å². The molecule has 8 nitrogen and oxygen atoms in total. The topological polar surface area (TPSA) is 105 Å². The van der Waals surface area contributed by atoms with Crippen molar-refractivity contribution in [3.05, 3.63) is 70.7 Å². The number of nitrogens with one attached hydrogen (secondary N) is 1. The number of hydrogen-bond acceptors (Lipinski definition) is 6. The Hall–Kier alpha value is -2.56. The van der Waals surface area contributed by atoms with E-state index in [0.717, 1.165) is 11.1 Å². The maximum absolute atomic E-state index is 13.5. The number of amides is 2. The molecule has 4 rings (SSSR count). The first kappa shape index (κ1) is 27.5. The maximum atomic E-state index is 13.5. The number of rotatable bonds is 6. The summed E-state index contributed by atoms with van der Waals surface area (Å²) < 4.78 is 30.0. The second-order valence-electron chi connectivity index (χ2n) is 10.2. The molecule has 0 spiro atoms. The van der Waals surface area contributed by atoms with Gasteiger partial charge in [-0.15, -0.1) is 0 Å². The number of alkyl carbamates (subject to hydrolysis) is 1. The minimum absolute atomic E-state index is 0.00900. The quantitative estimate of drug-likeness (QED) is 0.564. The highest BCUT2D eigenvalue weighted by atomic mass is 35.5. The number of ether oxygens (including phenoxy) is 1. The summed E-state index contributed by atoms with van der Waals surface area (Å²) >= 11 is 7.33. The Morgan fingerprint density at radius 2 is 1.78 bits per heavy atom. The molecule has 37 heavy (non-hydrogen) atoms. The van der Waals surface area contributed by atoms with Crippen LogP contribution in [0.4, 0.5) is 4.79 Å². The van der Waals surface area contributed by atoms with Crippen LogP contribution in [-0.2, 0) is 32.3 Å². The van der Waals surface area contributed by atoms with Gasteiger partial charge in [-0.1, -0.05) is 65.8 Å². The minimum atomic E-state index is -3.18. The first-order chi connectivity index (χ1) is 17.4. The van der Waals surface area contributed by atoms with E-state index < -0.39 is 33.5 Å². The van der Waals surface area contributed by atoms with Crippen molar-refractivity contribution in [3.63, 3.8) is 0 Å². The van der Waals surface area contributed by atoms with Crippen LogP contribution in [0.2, 0.25) is 5.02 Å². The second-order valence-corrected chi connectivity index (χ2v) is 14.0. The zero-order chi connectivity index (χ0) is 26.8. The lowest BCUT2D eigenvalue weighted by Crippen LogP contribution is -2.45. The van der Waals surface area contributed by atoms with Gasteiger partial charge in [-0.2, -0.15) is 4.99 Å². The summed E-state index contributed by atoms with van der Waals surface area (Å²) in [5.41, 5.74) is 1.05. The number of aliphatic imine (C=N–C) groups is 1. The van der Waals surface area contributed by atoms with E-state index in [9.17, 15) is 18.0 Å². The third-order valence-electron chi connectivity index (χ3n) is 5.92. The molecule has 2 aliphatic heterocycles. The second kappa shape index (κ2) is 11.0. The molecule has 2 aliphatic rings. The molecule has 198 valence electrons. The number of carbonyl (C=O) groups excluding carboxylic acids is 2. The molecule has 2 aromatic rings. The highest BCUT2D eigenvalue weighted by Crippen LogP contribution is 2.39. The van der Waals surface area contributed by atoms with E-state index in [2.05, 4.69) is 10.3 Å². The molecule has 2 fully saturated rings. The Morgan fingerprint density at radius 3 is 2.43 bits per heavy atom. The molecule has 0 aliphatic carbocycles. The van der Waals surface area contributed by atoms with Gasteiger partial charge in [-0.25, -0.2) is 13.2 Å². The number of amidine groups is 1. The summed E-state index contributed by atoms with van der Waals surface area (Å²) in [5, 5.41) is 3.51. The van der Waals surface area contributed by atoms with Crippen LogP contribution >= 0.6 is 23.4 Å². The lowest BCUT2D eigenvalue weighted by molar-refractivity contribution is -0.119. The van der Waals surface area contributed by atoms with Gasteiger partial charge in [0.1, 0.15) is 11.6 Å². The van der Waals surface area contributed by atoms with Crippen molar-refractivity contribution < 1.29 is 22.7 Å². The monoisotopic (exact) mass is 563 g/mol. The van der Waals surface area contributed by atoms with Crippen LogP contribution in [0.15, 0.2) is 59.6 Å². The predicted octanol–water partition coefficient (Wildman–Crippen LogP) is 4.07. The van der Waals surface area contributed by atoms with Crippen LogP contribution in [0.5, 0.6) is 0 Å². The van der Waals surface area contributed by atoms with Gasteiger partial charge in [0.25, 0.3) is 5.91 Å². The van der Waals surface area contributed by atoms with Crippen molar-refractivity contribution >= 4 is 50.4 Å². The Bertz CT molecular complexity index is 1280. The lowest BCUT2D eigenvalue weighted by atomic mass is 10.1. The third-order valence-corrected chi connectivity index (χ3v) is 9.42. The highest BCUT2D eigenvalue weighted by Gasteiger charge is 2.48. The van der Waals surface area contributed by atoms with E-state index in [1.165, 1.54) is 11.8 Å². The van der Waals surface area contributed by atoms with Gasteiger partial charge in [-0.05, 0) is 44.0 Å². The van der Waals surface area contributed by atoms with Crippen molar-refractivity contribution in [2.75, 3.05) is 11.5 Å². The summed E-state index contributed by atoms with van der Waals surface area (Å²) in [5.74, 6) is -0.480. The average Bonchev–Trinajstić information content (AvgIpc) is 3.25. The van der Waals surface area contributed by atoms with Gasteiger partial charge in [0.15, 0.2) is 15.0 Å². The lowest BCUT2D eigenvalue weighted by Gasteiger charge is -2.25. The van der Waals surface area contributed by atoms with Gasteiger partial charge in [0, 0.05) is 23.2 Å². The number of hydrogen-bond donors (Lipinski definition) is 1. The van der Waals surface area contributed by atoms with Crippen LogP contribution in [-0.4, -0.2) is 64.9 Å². The Kier molecular flexibility index (Phi) is 8.20. The van der Waals surface area contributed by atoms with Crippen molar-refractivity contribution in [2.24, 2.45) is 4.99 Å². The number of nitrogens with zero attached hydrogens (tertiary/aromatic N) is 2. The Morgan fingerprint density at radius 1 is 1.11 bits per heavy atom. The average molecular weight is 564 g/mol. The SMILES string of the molecule is CC(C)(C)OC(=O)N[C@@H](Cc1ccccc1)C(=O)N=C1S[C@H]2CS(=O)(=O)C[C@@H]2N1Cc1ccc(Cl)cc1. The van der Waals surface area contributed by atoms with Crippen LogP contribution in [0.1, 0.15) is 31.9 Å². The number of thioether (sulfide) groups is 1. The molecule has 0 saturated carbocycles. The first-order valence-electron chi connectivity index (χ1n) is 11.9. The van der Waals surface area contributed by atoms with Crippen LogP contribution in [0, 0.1) is 0 Å². The number of fused-ring (bicyclic) bond motifs is 1. The van der Waals surface area contributed by atoms with E-state index >= 15 is 0 Å². The molecule has 0 unspecified atom stereocenters. The molecule has 0 bridgehead atoms. The molecule has 2 amide bonds. The van der Waals surface area contributed by atoms with Gasteiger partial charge in [0.05, 0.1) is 17.5 Å². The Balaban J connectivity index is 1.60. The molecule has 2 heterocycles. The number of halogens is 1. The largest absolute Gasteiger partial charge is 0.444 e. The van der Waals surface area contributed by atoms with E-state index in [0.29, 0.717) is 16.7 Å². The number of sulfone groups is 1. The van der Waals surface area contributed by atoms with E-state index in [4.69, 9.17) is 16.3 Å². The minimum Gasteiger partial charge on any atom is -0.444 e. The zero-order valence-electron chi connectivity index (χ0n) is 20.9. The van der Waals surface area contributed by atoms with Crippen molar-refractivity contribution in [3.8, 4) is 0 Å². The molecule has 1 N–H and O–H groups in total. The van der Waals surface area contributed by atoms with Gasteiger partial charge < -0.3 is 15.0 Å². The molecular weight excluding hydrogens is 534 g/mol. The van der Waals surface area contributed by atoms with Crippen molar-refractivity contribution in [1.29, 1.82) is 0 Å². The smallest absolute Gasteiger partial charge is 0.408 e. The third kappa shape index (κ3) is 7.49. The fourth-order valence-electron chi connectivity index (χ4n) is 4.28. The van der Waals surface area contributed by atoms with Gasteiger partial charge in [0.2, 0.25) is 0 Å². The summed E-state index contributed by atoms with van der Waals surface area (Å²) in [4.78, 5) is 32.3. The fraction of sp³-hybridized carbons (Fsp3) is 0.423. The van der Waals surface area contributed by atoms with E-state index in [1.54, 1.807) is 32.9 Å². The van der Waals surface area contributed by atoms with Crippen LogP contribution in [0.3, 0.4) is 0 Å². The fourth-order valence-corrected chi connectivity index (χ4v) is 8.36. The molecular formula is C26H30ClN3O5S2. The first-order valence-corrected chi connectivity index (χ1v) is 15.0.